The first-order chi connectivity index (χ1) is 13.6. The molecule has 2 aliphatic rings. The summed E-state index contributed by atoms with van der Waals surface area (Å²) in [6.45, 7) is 10.4. The van der Waals surface area contributed by atoms with Crippen molar-refractivity contribution in [2.45, 2.75) is 38.9 Å². The van der Waals surface area contributed by atoms with E-state index >= 15 is 0 Å². The fraction of sp³-hybridized carbons (Fsp3) is 0.435. The van der Waals surface area contributed by atoms with E-state index in [4.69, 9.17) is 9.47 Å². The molecule has 0 atom stereocenters. The van der Waals surface area contributed by atoms with Crippen LogP contribution in [0.4, 0.5) is 22.7 Å². The van der Waals surface area contributed by atoms with Gasteiger partial charge in [-0.3, -0.25) is 4.79 Å². The Bertz CT molecular complexity index is 905. The summed E-state index contributed by atoms with van der Waals surface area (Å²) in [4.78, 5) is 15.8. The summed E-state index contributed by atoms with van der Waals surface area (Å²) in [7, 11) is 1.77. The number of morpholine rings is 1. The van der Waals surface area contributed by atoms with Crippen LogP contribution in [-0.4, -0.2) is 43.9 Å². The van der Waals surface area contributed by atoms with Crippen LogP contribution in [-0.2, 0) is 9.53 Å². The molecule has 2 heterocycles. The van der Waals surface area contributed by atoms with E-state index in [2.05, 4.69) is 62.2 Å². The minimum Gasteiger partial charge on any atom is -0.481 e. The van der Waals surface area contributed by atoms with Crippen LogP contribution in [0, 0.1) is 0 Å². The van der Waals surface area contributed by atoms with Gasteiger partial charge in [0.05, 0.1) is 16.9 Å². The first-order valence-electron chi connectivity index (χ1n) is 9.98. The Labute approximate surface area is 172 Å². The van der Waals surface area contributed by atoms with Gasteiger partial charge in [-0.2, -0.15) is 0 Å². The van der Waals surface area contributed by atoms with Crippen LogP contribution >= 0.6 is 0 Å². The van der Waals surface area contributed by atoms with Gasteiger partial charge in [0, 0.05) is 43.3 Å². The van der Waals surface area contributed by atoms with E-state index < -0.39 is 0 Å². The summed E-state index contributed by atoms with van der Waals surface area (Å²) in [5.74, 6) is 0.676. The molecule has 2 aliphatic heterocycles. The highest BCUT2D eigenvalue weighted by Gasteiger charge is 2.38. The Morgan fingerprint density at radius 2 is 1.55 bits per heavy atom. The number of nitrogens with one attached hydrogen (secondary N) is 1. The maximum Gasteiger partial charge on any atom is 0.264 e. The van der Waals surface area contributed by atoms with Crippen molar-refractivity contribution in [2.24, 2.45) is 0 Å². The van der Waals surface area contributed by atoms with Crippen molar-refractivity contribution in [3.05, 3.63) is 42.5 Å². The Morgan fingerprint density at radius 3 is 2.21 bits per heavy atom. The van der Waals surface area contributed by atoms with Crippen molar-refractivity contribution in [1.82, 2.24) is 0 Å². The number of ether oxygens (including phenoxy) is 2. The second-order valence-electron chi connectivity index (χ2n) is 9.07. The number of fused-ring (bicyclic) bond motifs is 1. The van der Waals surface area contributed by atoms with Gasteiger partial charge in [-0.15, -0.1) is 0 Å². The molecule has 1 amide bonds. The number of benzene rings is 2. The minimum atomic E-state index is -0.184. The molecule has 0 saturated carbocycles. The maximum atomic E-state index is 11.7. The molecule has 6 nitrogen and oxygen atoms in total. The summed E-state index contributed by atoms with van der Waals surface area (Å²) in [5.41, 5.74) is 3.54. The number of likely N-dealkylation sites (N-methyl/N-ethyl adjacent to an activating group) is 1. The molecule has 2 aromatic carbocycles. The predicted molar refractivity (Wildman–Crippen MR) is 117 cm³/mol. The number of amides is 1. The Morgan fingerprint density at radius 1 is 0.931 bits per heavy atom. The van der Waals surface area contributed by atoms with Gasteiger partial charge in [0.1, 0.15) is 5.75 Å². The zero-order valence-electron chi connectivity index (χ0n) is 17.8. The SMILES string of the molecule is CN1C(=O)COc2cc(Nc3ccc(N4CC(C)(C)OC(C)(C)C4)cc3)ccc21. The molecule has 0 radical (unpaired) electrons. The molecule has 29 heavy (non-hydrogen) atoms. The fourth-order valence-electron chi connectivity index (χ4n) is 4.25. The van der Waals surface area contributed by atoms with Crippen LogP contribution in [0.15, 0.2) is 42.5 Å². The molecule has 0 spiro atoms. The first kappa shape index (κ1) is 19.6. The van der Waals surface area contributed by atoms with Crippen LogP contribution in [0.25, 0.3) is 0 Å². The summed E-state index contributed by atoms with van der Waals surface area (Å²) in [6.07, 6.45) is 0. The number of rotatable bonds is 3. The monoisotopic (exact) mass is 395 g/mol. The molecule has 0 aromatic heterocycles. The number of hydrogen-bond donors (Lipinski definition) is 1. The number of carbonyl (C=O) groups is 1. The van der Waals surface area contributed by atoms with Crippen molar-refractivity contribution in [2.75, 3.05) is 41.9 Å². The van der Waals surface area contributed by atoms with Gasteiger partial charge in [0.15, 0.2) is 6.61 Å². The van der Waals surface area contributed by atoms with Crippen LogP contribution < -0.4 is 19.9 Å². The summed E-state index contributed by atoms with van der Waals surface area (Å²) >= 11 is 0. The van der Waals surface area contributed by atoms with Crippen molar-refractivity contribution >= 4 is 28.7 Å². The second-order valence-corrected chi connectivity index (χ2v) is 9.07. The molecule has 0 aliphatic carbocycles. The molecular weight excluding hydrogens is 366 g/mol. The van der Waals surface area contributed by atoms with Crippen molar-refractivity contribution in [3.8, 4) is 5.75 Å². The molecule has 154 valence electrons. The largest absolute Gasteiger partial charge is 0.481 e. The Balaban J connectivity index is 1.48. The zero-order chi connectivity index (χ0) is 20.8. The molecule has 4 rings (SSSR count). The van der Waals surface area contributed by atoms with Crippen molar-refractivity contribution in [3.63, 3.8) is 0 Å². The van der Waals surface area contributed by atoms with Gasteiger partial charge < -0.3 is 24.6 Å². The predicted octanol–water partition coefficient (Wildman–Crippen LogP) is 4.18. The van der Waals surface area contributed by atoms with E-state index in [0.29, 0.717) is 5.75 Å². The third kappa shape index (κ3) is 4.17. The van der Waals surface area contributed by atoms with Gasteiger partial charge in [0.2, 0.25) is 0 Å². The normalized spacial score (nSPS) is 20.1. The number of carbonyl (C=O) groups excluding carboxylic acids is 1. The van der Waals surface area contributed by atoms with E-state index in [1.807, 2.05) is 18.2 Å². The van der Waals surface area contributed by atoms with Gasteiger partial charge in [-0.05, 0) is 64.1 Å². The van der Waals surface area contributed by atoms with Crippen molar-refractivity contribution in [1.29, 1.82) is 0 Å². The molecule has 0 bridgehead atoms. The minimum absolute atomic E-state index is 0.0386. The Hall–Kier alpha value is -2.73. The van der Waals surface area contributed by atoms with Crippen LogP contribution in [0.3, 0.4) is 0 Å². The molecular formula is C23H29N3O3. The smallest absolute Gasteiger partial charge is 0.264 e. The van der Waals surface area contributed by atoms with Crippen LogP contribution in [0.2, 0.25) is 0 Å². The molecule has 0 unspecified atom stereocenters. The summed E-state index contributed by atoms with van der Waals surface area (Å²) < 4.78 is 11.8. The molecule has 1 N–H and O–H groups in total. The lowest BCUT2D eigenvalue weighted by Crippen LogP contribution is -2.57. The molecule has 1 fully saturated rings. The van der Waals surface area contributed by atoms with Crippen LogP contribution in [0.1, 0.15) is 27.7 Å². The van der Waals surface area contributed by atoms with E-state index in [0.717, 1.165) is 30.2 Å². The summed E-state index contributed by atoms with van der Waals surface area (Å²) in [6, 6.07) is 14.2. The molecule has 2 aromatic rings. The average molecular weight is 396 g/mol. The second kappa shape index (κ2) is 6.95. The lowest BCUT2D eigenvalue weighted by atomic mass is 9.98. The van der Waals surface area contributed by atoms with Crippen LogP contribution in [0.5, 0.6) is 5.75 Å². The first-order valence-corrected chi connectivity index (χ1v) is 9.98. The van der Waals surface area contributed by atoms with E-state index in [9.17, 15) is 4.79 Å². The number of anilines is 4. The van der Waals surface area contributed by atoms with E-state index in [1.165, 1.54) is 5.69 Å². The van der Waals surface area contributed by atoms with Gasteiger partial charge in [-0.1, -0.05) is 0 Å². The maximum absolute atomic E-state index is 11.7. The molecule has 1 saturated heterocycles. The van der Waals surface area contributed by atoms with Crippen molar-refractivity contribution < 1.29 is 14.3 Å². The average Bonchev–Trinajstić information content (AvgIpc) is 2.63. The lowest BCUT2D eigenvalue weighted by Gasteiger charge is -2.48. The molecule has 6 heteroatoms. The highest BCUT2D eigenvalue weighted by atomic mass is 16.5. The topological polar surface area (TPSA) is 54.0 Å². The fourth-order valence-corrected chi connectivity index (χ4v) is 4.25. The number of hydrogen-bond acceptors (Lipinski definition) is 5. The highest BCUT2D eigenvalue weighted by molar-refractivity contribution is 5.97. The lowest BCUT2D eigenvalue weighted by molar-refractivity contribution is -0.133. The van der Waals surface area contributed by atoms with E-state index in [-0.39, 0.29) is 23.7 Å². The summed E-state index contributed by atoms with van der Waals surface area (Å²) in [5, 5.41) is 3.42. The standard InChI is InChI=1S/C23H29N3O3/c1-22(2)14-26(15-23(3,4)29-22)18-9-6-16(7-10-18)24-17-8-11-19-20(12-17)28-13-21(27)25(19)5/h6-12,24H,13-15H2,1-5H3. The third-order valence-electron chi connectivity index (χ3n) is 5.26. The quantitative estimate of drug-likeness (QED) is 0.845. The third-order valence-corrected chi connectivity index (χ3v) is 5.26. The van der Waals surface area contributed by atoms with E-state index in [1.54, 1.807) is 11.9 Å². The highest BCUT2D eigenvalue weighted by Crippen LogP contribution is 2.35. The zero-order valence-corrected chi connectivity index (χ0v) is 17.8. The van der Waals surface area contributed by atoms with Gasteiger partial charge >= 0.3 is 0 Å². The number of nitrogens with zero attached hydrogens (tertiary/aromatic N) is 2. The van der Waals surface area contributed by atoms with Gasteiger partial charge in [-0.25, -0.2) is 0 Å². The van der Waals surface area contributed by atoms with Gasteiger partial charge in [0.25, 0.3) is 5.91 Å². The Kier molecular flexibility index (Phi) is 4.69.